The molecular formula is C13H21NO4S. The highest BCUT2D eigenvalue weighted by atomic mass is 32.2. The molecule has 0 aliphatic carbocycles. The van der Waals surface area contributed by atoms with Gasteiger partial charge >= 0.3 is 0 Å². The second-order valence-electron chi connectivity index (χ2n) is 4.30. The van der Waals surface area contributed by atoms with E-state index in [0.29, 0.717) is 18.0 Å². The van der Waals surface area contributed by atoms with E-state index in [-0.39, 0.29) is 18.5 Å². The van der Waals surface area contributed by atoms with Gasteiger partial charge in [-0.25, -0.2) is 8.42 Å². The minimum absolute atomic E-state index is 0.0387. The molecule has 1 unspecified atom stereocenters. The van der Waals surface area contributed by atoms with Crippen LogP contribution in [0, 0.1) is 0 Å². The maximum Gasteiger partial charge on any atom is 0.180 e. The van der Waals surface area contributed by atoms with E-state index in [1.54, 1.807) is 31.4 Å². The number of rotatable bonds is 8. The number of hydrogen-bond acceptors (Lipinski definition) is 5. The minimum atomic E-state index is -3.30. The lowest BCUT2D eigenvalue weighted by Crippen LogP contribution is -2.20. The van der Waals surface area contributed by atoms with Gasteiger partial charge in [-0.2, -0.15) is 0 Å². The van der Waals surface area contributed by atoms with Gasteiger partial charge in [-0.1, -0.05) is 12.1 Å². The average Bonchev–Trinajstić information content (AvgIpc) is 2.39. The zero-order chi connectivity index (χ0) is 14.3. The van der Waals surface area contributed by atoms with Crippen LogP contribution in [0.4, 0.5) is 0 Å². The highest BCUT2D eigenvalue weighted by Gasteiger charge is 2.14. The lowest BCUT2D eigenvalue weighted by Gasteiger charge is -2.12. The van der Waals surface area contributed by atoms with Crippen molar-refractivity contribution in [2.24, 2.45) is 5.73 Å². The van der Waals surface area contributed by atoms with Crippen LogP contribution < -0.4 is 5.73 Å². The molecule has 0 saturated heterocycles. The Morgan fingerprint density at radius 1 is 1.26 bits per heavy atom. The molecule has 1 rings (SSSR count). The van der Waals surface area contributed by atoms with Gasteiger partial charge in [0.05, 0.1) is 30.0 Å². The largest absolute Gasteiger partial charge is 0.382 e. The molecule has 0 heterocycles. The summed E-state index contributed by atoms with van der Waals surface area (Å²) in [5.41, 5.74) is 6.38. The highest BCUT2D eigenvalue weighted by molar-refractivity contribution is 7.91. The molecule has 5 nitrogen and oxygen atoms in total. The summed E-state index contributed by atoms with van der Waals surface area (Å²) in [5.74, 6) is -0.0387. The Morgan fingerprint density at radius 3 is 2.42 bits per heavy atom. The van der Waals surface area contributed by atoms with Gasteiger partial charge < -0.3 is 15.2 Å². The third kappa shape index (κ3) is 5.28. The van der Waals surface area contributed by atoms with Crippen molar-refractivity contribution in [2.75, 3.05) is 26.1 Å². The van der Waals surface area contributed by atoms with E-state index < -0.39 is 9.84 Å². The Kier molecular flexibility index (Phi) is 6.44. The van der Waals surface area contributed by atoms with Crippen LogP contribution in [-0.2, 0) is 25.9 Å². The van der Waals surface area contributed by atoms with Crippen LogP contribution in [0.1, 0.15) is 12.5 Å². The van der Waals surface area contributed by atoms with Crippen molar-refractivity contribution in [3.05, 3.63) is 29.8 Å². The first-order chi connectivity index (χ1) is 8.99. The molecule has 6 heteroatoms. The predicted octanol–water partition coefficient (Wildman–Crippen LogP) is 0.971. The summed E-state index contributed by atoms with van der Waals surface area (Å²) in [5, 5.41) is 0. The molecule has 0 aliphatic heterocycles. The summed E-state index contributed by atoms with van der Waals surface area (Å²) >= 11 is 0. The number of nitrogens with two attached hydrogens (primary N) is 1. The topological polar surface area (TPSA) is 78.6 Å². The molecule has 2 N–H and O–H groups in total. The molecule has 19 heavy (non-hydrogen) atoms. The SMILES string of the molecule is COCC(C)OCCS(=O)(=O)c1ccc(CN)cc1. The normalized spacial score (nSPS) is 13.4. The van der Waals surface area contributed by atoms with Gasteiger partial charge in [0.15, 0.2) is 9.84 Å². The molecule has 0 saturated carbocycles. The van der Waals surface area contributed by atoms with E-state index >= 15 is 0 Å². The standard InChI is InChI=1S/C13H21NO4S/c1-11(10-17-2)18-7-8-19(15,16)13-5-3-12(9-14)4-6-13/h3-6,11H,7-10,14H2,1-2H3. The van der Waals surface area contributed by atoms with Crippen LogP contribution in [0.5, 0.6) is 0 Å². The predicted molar refractivity (Wildman–Crippen MR) is 73.7 cm³/mol. The van der Waals surface area contributed by atoms with Gasteiger partial charge in [0.2, 0.25) is 0 Å². The summed E-state index contributed by atoms with van der Waals surface area (Å²) in [6.45, 7) is 2.85. The molecule has 0 aliphatic rings. The minimum Gasteiger partial charge on any atom is -0.382 e. The van der Waals surface area contributed by atoms with Gasteiger partial charge in [-0.15, -0.1) is 0 Å². The van der Waals surface area contributed by atoms with Crippen molar-refractivity contribution in [3.8, 4) is 0 Å². The molecule has 1 atom stereocenters. The van der Waals surface area contributed by atoms with Crippen molar-refractivity contribution < 1.29 is 17.9 Å². The monoisotopic (exact) mass is 287 g/mol. The van der Waals surface area contributed by atoms with Crippen LogP contribution in [0.15, 0.2) is 29.2 Å². The first-order valence-corrected chi connectivity index (χ1v) is 7.77. The molecule has 0 amide bonds. The summed E-state index contributed by atoms with van der Waals surface area (Å²) in [7, 11) is -1.72. The maximum atomic E-state index is 12.0. The van der Waals surface area contributed by atoms with E-state index in [1.165, 1.54) is 0 Å². The Morgan fingerprint density at radius 2 is 1.89 bits per heavy atom. The Bertz CT molecular complexity index is 470. The third-order valence-electron chi connectivity index (χ3n) is 2.67. The second-order valence-corrected chi connectivity index (χ2v) is 6.41. The number of sulfone groups is 1. The highest BCUT2D eigenvalue weighted by Crippen LogP contribution is 2.12. The molecule has 1 aromatic rings. The quantitative estimate of drug-likeness (QED) is 0.771. The zero-order valence-electron chi connectivity index (χ0n) is 11.3. The van der Waals surface area contributed by atoms with Crippen LogP contribution in [-0.4, -0.2) is 40.6 Å². The van der Waals surface area contributed by atoms with Crippen molar-refractivity contribution >= 4 is 9.84 Å². The van der Waals surface area contributed by atoms with Gasteiger partial charge in [-0.05, 0) is 24.6 Å². The molecule has 108 valence electrons. The van der Waals surface area contributed by atoms with Crippen LogP contribution >= 0.6 is 0 Å². The van der Waals surface area contributed by atoms with E-state index in [0.717, 1.165) is 5.56 Å². The van der Waals surface area contributed by atoms with Gasteiger partial charge in [0.25, 0.3) is 0 Å². The van der Waals surface area contributed by atoms with E-state index in [1.807, 2.05) is 6.92 Å². The van der Waals surface area contributed by atoms with Gasteiger partial charge in [0.1, 0.15) is 0 Å². The molecule has 0 fully saturated rings. The summed E-state index contributed by atoms with van der Waals surface area (Å²) in [6.07, 6.45) is -0.111. The van der Waals surface area contributed by atoms with Crippen molar-refractivity contribution in [1.82, 2.24) is 0 Å². The molecule has 0 spiro atoms. The smallest absolute Gasteiger partial charge is 0.180 e. The lowest BCUT2D eigenvalue weighted by molar-refractivity contribution is 0.0163. The molecular weight excluding hydrogens is 266 g/mol. The number of methoxy groups -OCH3 is 1. The van der Waals surface area contributed by atoms with Gasteiger partial charge in [-0.3, -0.25) is 0 Å². The summed E-state index contributed by atoms with van der Waals surface area (Å²) < 4.78 is 34.3. The average molecular weight is 287 g/mol. The summed E-state index contributed by atoms with van der Waals surface area (Å²) in [6, 6.07) is 6.61. The van der Waals surface area contributed by atoms with Crippen molar-refractivity contribution in [1.29, 1.82) is 0 Å². The van der Waals surface area contributed by atoms with E-state index in [2.05, 4.69) is 0 Å². The second kappa shape index (κ2) is 7.59. The zero-order valence-corrected chi connectivity index (χ0v) is 12.2. The van der Waals surface area contributed by atoms with Crippen LogP contribution in [0.2, 0.25) is 0 Å². The Balaban J connectivity index is 2.55. The van der Waals surface area contributed by atoms with Crippen molar-refractivity contribution in [3.63, 3.8) is 0 Å². The fourth-order valence-electron chi connectivity index (χ4n) is 1.59. The van der Waals surface area contributed by atoms with Crippen molar-refractivity contribution in [2.45, 2.75) is 24.5 Å². The summed E-state index contributed by atoms with van der Waals surface area (Å²) in [4.78, 5) is 0.299. The molecule has 0 radical (unpaired) electrons. The number of ether oxygens (including phenoxy) is 2. The Hall–Kier alpha value is -0.950. The molecule has 1 aromatic carbocycles. The van der Waals surface area contributed by atoms with Crippen LogP contribution in [0.25, 0.3) is 0 Å². The fourth-order valence-corrected chi connectivity index (χ4v) is 2.69. The molecule has 0 bridgehead atoms. The number of benzene rings is 1. The first-order valence-electron chi connectivity index (χ1n) is 6.12. The lowest BCUT2D eigenvalue weighted by atomic mass is 10.2. The molecule has 0 aromatic heterocycles. The fraction of sp³-hybridized carbons (Fsp3) is 0.538. The first kappa shape index (κ1) is 16.1. The van der Waals surface area contributed by atoms with E-state index in [9.17, 15) is 8.42 Å². The number of hydrogen-bond donors (Lipinski definition) is 1. The van der Waals surface area contributed by atoms with Gasteiger partial charge in [0, 0.05) is 13.7 Å². The maximum absolute atomic E-state index is 12.0. The van der Waals surface area contributed by atoms with Crippen LogP contribution in [0.3, 0.4) is 0 Å². The Labute approximate surface area is 114 Å². The third-order valence-corrected chi connectivity index (χ3v) is 4.37. The van der Waals surface area contributed by atoms with E-state index in [4.69, 9.17) is 15.2 Å².